The van der Waals surface area contributed by atoms with Crippen LogP contribution in [-0.4, -0.2) is 43.4 Å². The molecule has 18 heavy (non-hydrogen) atoms. The average molecular weight is 250 g/mol. The van der Waals surface area contributed by atoms with E-state index in [2.05, 4.69) is 5.32 Å². The zero-order valence-electron chi connectivity index (χ0n) is 10.6. The van der Waals surface area contributed by atoms with Crippen molar-refractivity contribution < 1.29 is 14.6 Å². The van der Waals surface area contributed by atoms with Crippen LogP contribution >= 0.6 is 0 Å². The number of aliphatic hydroxyl groups excluding tert-OH is 1. The van der Waals surface area contributed by atoms with Gasteiger partial charge in [0, 0.05) is 24.3 Å². The van der Waals surface area contributed by atoms with Gasteiger partial charge in [-0.2, -0.15) is 0 Å². The summed E-state index contributed by atoms with van der Waals surface area (Å²) in [5.41, 5.74) is 0.798. The zero-order valence-corrected chi connectivity index (χ0v) is 10.6. The van der Waals surface area contributed by atoms with E-state index >= 15 is 0 Å². The summed E-state index contributed by atoms with van der Waals surface area (Å²) in [6.45, 7) is 2.44. The van der Waals surface area contributed by atoms with Gasteiger partial charge in [0.2, 0.25) is 5.91 Å². The van der Waals surface area contributed by atoms with E-state index in [1.165, 1.54) is 0 Å². The van der Waals surface area contributed by atoms with E-state index in [1.54, 1.807) is 12.0 Å². The summed E-state index contributed by atoms with van der Waals surface area (Å²) in [7, 11) is 1.60. The van der Waals surface area contributed by atoms with E-state index in [0.717, 1.165) is 5.69 Å². The maximum absolute atomic E-state index is 12.2. The molecular formula is C13H18N2O3. The number of nitrogens with zero attached hydrogens (tertiary/aromatic N) is 1. The van der Waals surface area contributed by atoms with Crippen molar-refractivity contribution in [2.24, 2.45) is 0 Å². The Bertz CT molecular complexity index is 436. The normalized spacial score (nSPS) is 24.2. The maximum atomic E-state index is 12.2. The molecule has 2 rings (SSSR count). The third-order valence-corrected chi connectivity index (χ3v) is 3.15. The second-order valence-electron chi connectivity index (χ2n) is 4.40. The third kappa shape index (κ3) is 2.32. The Kier molecular flexibility index (Phi) is 3.84. The Morgan fingerprint density at radius 3 is 3.00 bits per heavy atom. The largest absolute Gasteiger partial charge is 0.497 e. The molecule has 0 bridgehead atoms. The molecule has 0 saturated carbocycles. The molecule has 2 unspecified atom stereocenters. The summed E-state index contributed by atoms with van der Waals surface area (Å²) in [5, 5.41) is 12.2. The van der Waals surface area contributed by atoms with E-state index in [-0.39, 0.29) is 18.6 Å². The Morgan fingerprint density at radius 2 is 2.33 bits per heavy atom. The van der Waals surface area contributed by atoms with Gasteiger partial charge in [0.15, 0.2) is 0 Å². The molecule has 0 radical (unpaired) electrons. The van der Waals surface area contributed by atoms with Gasteiger partial charge in [0.25, 0.3) is 0 Å². The number of carbonyl (C=O) groups is 1. The molecular weight excluding hydrogens is 232 g/mol. The van der Waals surface area contributed by atoms with E-state index in [1.807, 2.05) is 31.2 Å². The lowest BCUT2D eigenvalue weighted by Gasteiger charge is -2.37. The van der Waals surface area contributed by atoms with Crippen LogP contribution in [0.1, 0.15) is 6.92 Å². The summed E-state index contributed by atoms with van der Waals surface area (Å²) in [6.07, 6.45) is 0. The van der Waals surface area contributed by atoms with Crippen molar-refractivity contribution in [3.8, 4) is 5.75 Å². The van der Waals surface area contributed by atoms with Crippen LogP contribution in [0, 0.1) is 0 Å². The highest BCUT2D eigenvalue weighted by molar-refractivity contribution is 5.98. The van der Waals surface area contributed by atoms with E-state index < -0.39 is 6.04 Å². The lowest BCUT2D eigenvalue weighted by Crippen LogP contribution is -2.60. The molecule has 5 heteroatoms. The van der Waals surface area contributed by atoms with E-state index in [0.29, 0.717) is 12.3 Å². The minimum absolute atomic E-state index is 0.0485. The number of hydrogen-bond acceptors (Lipinski definition) is 4. The molecule has 2 N–H and O–H groups in total. The van der Waals surface area contributed by atoms with Crippen LogP contribution in [0.5, 0.6) is 5.75 Å². The quantitative estimate of drug-likeness (QED) is 0.814. The van der Waals surface area contributed by atoms with Gasteiger partial charge in [-0.3, -0.25) is 4.79 Å². The Hall–Kier alpha value is -1.59. The lowest BCUT2D eigenvalue weighted by molar-refractivity contribution is -0.123. The van der Waals surface area contributed by atoms with Gasteiger partial charge in [-0.25, -0.2) is 0 Å². The number of carbonyl (C=O) groups excluding carboxylic acids is 1. The molecule has 0 aliphatic carbocycles. The fourth-order valence-corrected chi connectivity index (χ4v) is 2.16. The summed E-state index contributed by atoms with van der Waals surface area (Å²) in [6, 6.07) is 6.92. The van der Waals surface area contributed by atoms with Gasteiger partial charge < -0.3 is 20.1 Å². The molecule has 1 heterocycles. The molecule has 1 aromatic carbocycles. The van der Waals surface area contributed by atoms with Crippen LogP contribution in [-0.2, 0) is 4.79 Å². The summed E-state index contributed by atoms with van der Waals surface area (Å²) in [4.78, 5) is 13.9. The SMILES string of the molecule is COc1cccc(N2C(=O)C(CO)NCC2C)c1. The molecule has 0 aromatic heterocycles. The van der Waals surface area contributed by atoms with Crippen molar-refractivity contribution in [3.63, 3.8) is 0 Å². The number of nitrogens with one attached hydrogen (secondary N) is 1. The number of anilines is 1. The molecule has 1 amide bonds. The Morgan fingerprint density at radius 1 is 1.56 bits per heavy atom. The average Bonchev–Trinajstić information content (AvgIpc) is 2.39. The predicted molar refractivity (Wildman–Crippen MR) is 68.8 cm³/mol. The van der Waals surface area contributed by atoms with Crippen LogP contribution in [0.15, 0.2) is 24.3 Å². The van der Waals surface area contributed by atoms with Crippen molar-refractivity contribution in [2.45, 2.75) is 19.0 Å². The van der Waals surface area contributed by atoms with Crippen molar-refractivity contribution >= 4 is 11.6 Å². The molecule has 5 nitrogen and oxygen atoms in total. The minimum atomic E-state index is -0.521. The maximum Gasteiger partial charge on any atom is 0.246 e. The highest BCUT2D eigenvalue weighted by Gasteiger charge is 2.33. The van der Waals surface area contributed by atoms with Crippen LogP contribution in [0.25, 0.3) is 0 Å². The first-order valence-electron chi connectivity index (χ1n) is 5.98. The second-order valence-corrected chi connectivity index (χ2v) is 4.40. The smallest absolute Gasteiger partial charge is 0.246 e. The Labute approximate surface area is 106 Å². The number of hydrogen-bond donors (Lipinski definition) is 2. The monoisotopic (exact) mass is 250 g/mol. The molecule has 1 aliphatic rings. The molecule has 1 saturated heterocycles. The van der Waals surface area contributed by atoms with Crippen molar-refractivity contribution in [1.82, 2.24) is 5.32 Å². The number of benzene rings is 1. The van der Waals surface area contributed by atoms with Crippen LogP contribution in [0.4, 0.5) is 5.69 Å². The fourth-order valence-electron chi connectivity index (χ4n) is 2.16. The van der Waals surface area contributed by atoms with E-state index in [9.17, 15) is 9.90 Å². The summed E-state index contributed by atoms with van der Waals surface area (Å²) in [5.74, 6) is 0.607. The minimum Gasteiger partial charge on any atom is -0.497 e. The van der Waals surface area contributed by atoms with Crippen molar-refractivity contribution in [2.75, 3.05) is 25.2 Å². The van der Waals surface area contributed by atoms with Gasteiger partial charge in [0.1, 0.15) is 11.8 Å². The van der Waals surface area contributed by atoms with Crippen LogP contribution in [0.2, 0.25) is 0 Å². The van der Waals surface area contributed by atoms with Crippen LogP contribution in [0.3, 0.4) is 0 Å². The van der Waals surface area contributed by atoms with Gasteiger partial charge >= 0.3 is 0 Å². The van der Waals surface area contributed by atoms with Gasteiger partial charge in [-0.05, 0) is 19.1 Å². The zero-order chi connectivity index (χ0) is 13.1. The van der Waals surface area contributed by atoms with E-state index in [4.69, 9.17) is 4.74 Å². The van der Waals surface area contributed by atoms with Gasteiger partial charge in [0.05, 0.1) is 13.7 Å². The third-order valence-electron chi connectivity index (χ3n) is 3.15. The summed E-state index contributed by atoms with van der Waals surface area (Å²) >= 11 is 0. The number of rotatable bonds is 3. The number of aliphatic hydroxyl groups is 1. The predicted octanol–water partition coefficient (Wildman–Crippen LogP) is 0.381. The molecule has 98 valence electrons. The van der Waals surface area contributed by atoms with Gasteiger partial charge in [-0.15, -0.1) is 0 Å². The standard InChI is InChI=1S/C13H18N2O3/c1-9-7-14-12(8-16)13(17)15(9)10-4-3-5-11(6-10)18-2/h3-6,9,12,14,16H,7-8H2,1-2H3. The fraction of sp³-hybridized carbons (Fsp3) is 0.462. The second kappa shape index (κ2) is 5.37. The molecule has 1 fully saturated rings. The first-order chi connectivity index (χ1) is 8.67. The lowest BCUT2D eigenvalue weighted by atomic mass is 10.1. The summed E-state index contributed by atoms with van der Waals surface area (Å²) < 4.78 is 5.17. The van der Waals surface area contributed by atoms with Crippen molar-refractivity contribution in [1.29, 1.82) is 0 Å². The molecule has 1 aliphatic heterocycles. The topological polar surface area (TPSA) is 61.8 Å². The first kappa shape index (κ1) is 12.9. The number of methoxy groups -OCH3 is 1. The Balaban J connectivity index is 2.30. The highest BCUT2D eigenvalue weighted by Crippen LogP contribution is 2.24. The molecule has 1 aromatic rings. The molecule has 0 spiro atoms. The van der Waals surface area contributed by atoms with Crippen LogP contribution < -0.4 is 15.0 Å². The molecule has 2 atom stereocenters. The number of ether oxygens (including phenoxy) is 1. The highest BCUT2D eigenvalue weighted by atomic mass is 16.5. The van der Waals surface area contributed by atoms with Crippen molar-refractivity contribution in [3.05, 3.63) is 24.3 Å². The number of amides is 1. The first-order valence-corrected chi connectivity index (χ1v) is 5.98. The number of piperazine rings is 1. The van der Waals surface area contributed by atoms with Gasteiger partial charge in [-0.1, -0.05) is 6.07 Å².